The molecule has 0 spiro atoms. The van der Waals surface area contributed by atoms with Gasteiger partial charge in [0.25, 0.3) is 5.56 Å². The monoisotopic (exact) mass is 443 g/mol. The summed E-state index contributed by atoms with van der Waals surface area (Å²) in [6.45, 7) is 2.46. The van der Waals surface area contributed by atoms with Gasteiger partial charge in [0, 0.05) is 34.7 Å². The highest BCUT2D eigenvalue weighted by Crippen LogP contribution is 2.31. The SMILES string of the molecule is CCCOc1c[nH]c(CSc2nc3scc(-c4ccc(F)cc4)c3c(=O)[nH]2)cc1=O. The van der Waals surface area contributed by atoms with Gasteiger partial charge in [0.1, 0.15) is 10.6 Å². The molecule has 0 aliphatic rings. The Kier molecular flexibility index (Phi) is 6.01. The fourth-order valence-corrected chi connectivity index (χ4v) is 4.68. The Balaban J connectivity index is 1.55. The largest absolute Gasteiger partial charge is 0.488 e. The van der Waals surface area contributed by atoms with Crippen LogP contribution in [0.25, 0.3) is 21.3 Å². The van der Waals surface area contributed by atoms with Gasteiger partial charge < -0.3 is 14.7 Å². The van der Waals surface area contributed by atoms with E-state index in [1.54, 1.807) is 18.3 Å². The predicted molar refractivity (Wildman–Crippen MR) is 118 cm³/mol. The van der Waals surface area contributed by atoms with Gasteiger partial charge in [0.15, 0.2) is 10.9 Å². The summed E-state index contributed by atoms with van der Waals surface area (Å²) in [7, 11) is 0. The second-order valence-corrected chi connectivity index (χ2v) is 8.35. The maximum atomic E-state index is 13.2. The van der Waals surface area contributed by atoms with Crippen molar-refractivity contribution in [3.05, 3.63) is 74.0 Å². The van der Waals surface area contributed by atoms with Crippen LogP contribution in [-0.2, 0) is 5.75 Å². The third-order valence-electron chi connectivity index (χ3n) is 4.34. The number of nitrogens with zero attached hydrogens (tertiary/aromatic N) is 1. The van der Waals surface area contributed by atoms with E-state index in [-0.39, 0.29) is 16.8 Å². The smallest absolute Gasteiger partial charge is 0.260 e. The molecule has 0 atom stereocenters. The van der Waals surface area contributed by atoms with E-state index < -0.39 is 0 Å². The molecule has 0 saturated carbocycles. The summed E-state index contributed by atoms with van der Waals surface area (Å²) in [5.74, 6) is 0.408. The van der Waals surface area contributed by atoms with Gasteiger partial charge in [-0.1, -0.05) is 30.8 Å². The van der Waals surface area contributed by atoms with E-state index in [0.717, 1.165) is 17.5 Å². The number of aromatic amines is 2. The van der Waals surface area contributed by atoms with Crippen molar-refractivity contribution in [2.24, 2.45) is 0 Å². The summed E-state index contributed by atoms with van der Waals surface area (Å²) < 4.78 is 18.6. The second-order valence-electron chi connectivity index (χ2n) is 6.53. The molecule has 3 aromatic heterocycles. The van der Waals surface area contributed by atoms with Crippen LogP contribution >= 0.6 is 23.1 Å². The van der Waals surface area contributed by atoms with Crippen LogP contribution in [-0.4, -0.2) is 21.6 Å². The number of pyridine rings is 1. The number of hydrogen-bond acceptors (Lipinski definition) is 6. The molecule has 154 valence electrons. The molecule has 0 amide bonds. The number of fused-ring (bicyclic) bond motifs is 1. The van der Waals surface area contributed by atoms with Gasteiger partial charge in [-0.25, -0.2) is 9.37 Å². The number of thioether (sulfide) groups is 1. The van der Waals surface area contributed by atoms with Gasteiger partial charge in [-0.05, 0) is 24.1 Å². The van der Waals surface area contributed by atoms with Crippen LogP contribution in [0.2, 0.25) is 0 Å². The molecule has 0 fully saturated rings. The summed E-state index contributed by atoms with van der Waals surface area (Å²) in [6, 6.07) is 7.51. The van der Waals surface area contributed by atoms with Crippen molar-refractivity contribution >= 4 is 33.3 Å². The zero-order valence-electron chi connectivity index (χ0n) is 16.0. The lowest BCUT2D eigenvalue weighted by molar-refractivity contribution is 0.313. The Labute approximate surface area is 179 Å². The first-order valence-electron chi connectivity index (χ1n) is 9.30. The lowest BCUT2D eigenvalue weighted by Crippen LogP contribution is -2.10. The minimum atomic E-state index is -0.327. The first-order valence-corrected chi connectivity index (χ1v) is 11.2. The van der Waals surface area contributed by atoms with Crippen molar-refractivity contribution in [2.45, 2.75) is 24.3 Å². The van der Waals surface area contributed by atoms with Gasteiger partial charge in [-0.2, -0.15) is 0 Å². The predicted octanol–water partition coefficient (Wildman–Crippen LogP) is 4.56. The van der Waals surface area contributed by atoms with Crippen LogP contribution in [0.5, 0.6) is 5.75 Å². The Morgan fingerprint density at radius 2 is 2.03 bits per heavy atom. The topological polar surface area (TPSA) is 87.8 Å². The molecule has 4 rings (SSSR count). The van der Waals surface area contributed by atoms with E-state index >= 15 is 0 Å². The molecule has 0 bridgehead atoms. The molecule has 0 aliphatic carbocycles. The number of nitrogens with one attached hydrogen (secondary N) is 2. The van der Waals surface area contributed by atoms with Crippen LogP contribution < -0.4 is 15.7 Å². The van der Waals surface area contributed by atoms with E-state index in [2.05, 4.69) is 15.0 Å². The van der Waals surface area contributed by atoms with Gasteiger partial charge in [0.05, 0.1) is 12.0 Å². The molecule has 0 aliphatic heterocycles. The van der Waals surface area contributed by atoms with Crippen LogP contribution in [0.4, 0.5) is 4.39 Å². The molecule has 9 heteroatoms. The van der Waals surface area contributed by atoms with Crippen molar-refractivity contribution in [3.63, 3.8) is 0 Å². The zero-order valence-corrected chi connectivity index (χ0v) is 17.7. The van der Waals surface area contributed by atoms with E-state index in [1.165, 1.54) is 41.3 Å². The minimum absolute atomic E-state index is 0.183. The Morgan fingerprint density at radius 3 is 2.77 bits per heavy atom. The molecule has 0 unspecified atom stereocenters. The van der Waals surface area contributed by atoms with Crippen LogP contribution in [0.15, 0.2) is 56.7 Å². The van der Waals surface area contributed by atoms with Crippen molar-refractivity contribution in [1.82, 2.24) is 15.0 Å². The van der Waals surface area contributed by atoms with E-state index in [1.807, 2.05) is 12.3 Å². The quantitative estimate of drug-likeness (QED) is 0.323. The highest BCUT2D eigenvalue weighted by Gasteiger charge is 2.13. The maximum absolute atomic E-state index is 13.2. The van der Waals surface area contributed by atoms with Gasteiger partial charge in [0.2, 0.25) is 5.43 Å². The fourth-order valence-electron chi connectivity index (χ4n) is 2.89. The lowest BCUT2D eigenvalue weighted by atomic mass is 10.1. The number of benzene rings is 1. The van der Waals surface area contributed by atoms with Crippen LogP contribution in [0.1, 0.15) is 19.0 Å². The number of halogens is 1. The van der Waals surface area contributed by atoms with Crippen molar-refractivity contribution in [3.8, 4) is 16.9 Å². The average Bonchev–Trinajstić information content (AvgIpc) is 3.17. The molecular weight excluding hydrogens is 425 g/mol. The Morgan fingerprint density at radius 1 is 1.23 bits per heavy atom. The van der Waals surface area contributed by atoms with Crippen molar-refractivity contribution < 1.29 is 9.13 Å². The standard InChI is InChI=1S/C21H18FN3O3S2/c1-2-7-28-17-9-23-14(8-16(17)26)10-30-21-24-19(27)18-15(11-29-20(18)25-21)12-3-5-13(22)6-4-12/h3-6,8-9,11H,2,7,10H2,1H3,(H,23,26)(H,24,25,27). The van der Waals surface area contributed by atoms with Gasteiger partial charge in [-0.15, -0.1) is 11.3 Å². The summed E-state index contributed by atoms with van der Waals surface area (Å²) in [4.78, 5) is 35.8. The first-order chi connectivity index (χ1) is 14.5. The Hall–Kier alpha value is -2.91. The minimum Gasteiger partial charge on any atom is -0.488 e. The summed E-state index contributed by atoms with van der Waals surface area (Å²) in [5, 5.41) is 2.80. The molecular formula is C21H18FN3O3S2. The average molecular weight is 444 g/mol. The molecule has 4 aromatic rings. The second kappa shape index (κ2) is 8.85. The molecule has 1 aromatic carbocycles. The fraction of sp³-hybridized carbons (Fsp3) is 0.190. The molecule has 6 nitrogen and oxygen atoms in total. The lowest BCUT2D eigenvalue weighted by Gasteiger charge is -2.06. The molecule has 2 N–H and O–H groups in total. The van der Waals surface area contributed by atoms with E-state index in [4.69, 9.17) is 4.74 Å². The summed E-state index contributed by atoms with van der Waals surface area (Å²) in [5.41, 5.74) is 1.76. The number of ether oxygens (including phenoxy) is 1. The van der Waals surface area contributed by atoms with E-state index in [0.29, 0.717) is 39.2 Å². The van der Waals surface area contributed by atoms with Gasteiger partial charge >= 0.3 is 0 Å². The molecule has 0 saturated heterocycles. The normalized spacial score (nSPS) is 11.1. The number of aromatic nitrogens is 3. The highest BCUT2D eigenvalue weighted by atomic mass is 32.2. The zero-order chi connectivity index (χ0) is 21.1. The van der Waals surface area contributed by atoms with Crippen LogP contribution in [0, 0.1) is 5.82 Å². The molecule has 3 heterocycles. The summed E-state index contributed by atoms with van der Waals surface area (Å²) >= 11 is 2.68. The number of thiophene rings is 1. The third-order valence-corrected chi connectivity index (χ3v) is 6.13. The van der Waals surface area contributed by atoms with Crippen LogP contribution in [0.3, 0.4) is 0 Å². The van der Waals surface area contributed by atoms with Gasteiger partial charge in [-0.3, -0.25) is 9.59 Å². The number of rotatable bonds is 7. The number of hydrogen-bond donors (Lipinski definition) is 2. The maximum Gasteiger partial charge on any atom is 0.260 e. The van der Waals surface area contributed by atoms with Crippen molar-refractivity contribution in [2.75, 3.05) is 6.61 Å². The van der Waals surface area contributed by atoms with E-state index in [9.17, 15) is 14.0 Å². The highest BCUT2D eigenvalue weighted by molar-refractivity contribution is 7.98. The first kappa shape index (κ1) is 20.4. The Bertz CT molecular complexity index is 1300. The molecule has 30 heavy (non-hydrogen) atoms. The molecule has 0 radical (unpaired) electrons. The third kappa shape index (κ3) is 4.31. The number of H-pyrrole nitrogens is 2. The summed E-state index contributed by atoms with van der Waals surface area (Å²) in [6.07, 6.45) is 2.38. The van der Waals surface area contributed by atoms with Crippen molar-refractivity contribution in [1.29, 1.82) is 0 Å².